The fourth-order valence-electron chi connectivity index (χ4n) is 3.18. The number of carbonyl (C=O) groups excluding carboxylic acids is 3. The highest BCUT2D eigenvalue weighted by Gasteiger charge is 2.41. The summed E-state index contributed by atoms with van der Waals surface area (Å²) in [5.41, 5.74) is 1.48. The predicted octanol–water partition coefficient (Wildman–Crippen LogP) is 2.33. The van der Waals surface area contributed by atoms with Crippen LogP contribution in [0.5, 0.6) is 11.5 Å². The predicted molar refractivity (Wildman–Crippen MR) is 103 cm³/mol. The molecule has 1 fully saturated rings. The Morgan fingerprint density at radius 2 is 1.93 bits per heavy atom. The highest BCUT2D eigenvalue weighted by atomic mass is 16.7. The number of carbonyl (C=O) groups is 3. The van der Waals surface area contributed by atoms with Gasteiger partial charge in [0, 0.05) is 11.8 Å². The molecule has 1 N–H and O–H groups in total. The third-order valence-electron chi connectivity index (χ3n) is 4.75. The molecule has 0 unspecified atom stereocenters. The maximum atomic E-state index is 12.4. The van der Waals surface area contributed by atoms with E-state index in [1.165, 1.54) is 12.1 Å². The number of esters is 2. The van der Waals surface area contributed by atoms with Crippen LogP contribution in [-0.4, -0.2) is 30.7 Å². The maximum absolute atomic E-state index is 12.4. The van der Waals surface area contributed by atoms with Crippen molar-refractivity contribution in [3.63, 3.8) is 0 Å². The lowest BCUT2D eigenvalue weighted by Gasteiger charge is -2.33. The minimum atomic E-state index is -0.773. The van der Waals surface area contributed by atoms with Crippen LogP contribution < -0.4 is 14.8 Å². The molecule has 2 aromatic rings. The van der Waals surface area contributed by atoms with Crippen LogP contribution >= 0.6 is 0 Å². The molecule has 2 atom stereocenters. The number of fused-ring (bicyclic) bond motifs is 1. The summed E-state index contributed by atoms with van der Waals surface area (Å²) in [4.78, 5) is 36.5. The molecule has 1 amide bonds. The number of ether oxygens (including phenoxy) is 4. The molecule has 0 aliphatic carbocycles. The Balaban J connectivity index is 1.36. The van der Waals surface area contributed by atoms with E-state index < -0.39 is 24.0 Å². The zero-order chi connectivity index (χ0) is 21.1. The zero-order valence-corrected chi connectivity index (χ0v) is 16.1. The van der Waals surface area contributed by atoms with Crippen LogP contribution in [0.4, 0.5) is 0 Å². The lowest BCUT2D eigenvalue weighted by Crippen LogP contribution is -2.52. The van der Waals surface area contributed by atoms with Gasteiger partial charge in [0.25, 0.3) is 0 Å². The summed E-state index contributed by atoms with van der Waals surface area (Å²) in [5, 5.41) is 2.54. The first-order valence-corrected chi connectivity index (χ1v) is 9.35. The van der Waals surface area contributed by atoms with Crippen molar-refractivity contribution in [1.82, 2.24) is 5.32 Å². The Hall–Kier alpha value is -3.81. The molecule has 0 saturated carbocycles. The van der Waals surface area contributed by atoms with Crippen LogP contribution in [0.2, 0.25) is 0 Å². The van der Waals surface area contributed by atoms with Gasteiger partial charge in [-0.15, -0.1) is 0 Å². The number of rotatable bonds is 6. The largest absolute Gasteiger partial charge is 0.458 e. The molecular weight excluding hydrogens is 390 g/mol. The summed E-state index contributed by atoms with van der Waals surface area (Å²) in [7, 11) is 0. The molecule has 0 radical (unpaired) electrons. The highest BCUT2D eigenvalue weighted by Crippen LogP contribution is 2.33. The summed E-state index contributed by atoms with van der Waals surface area (Å²) in [5.74, 6) is -1.27. The number of amides is 1. The average molecular weight is 409 g/mol. The van der Waals surface area contributed by atoms with Gasteiger partial charge in [0.1, 0.15) is 18.6 Å². The van der Waals surface area contributed by atoms with E-state index in [1.807, 2.05) is 30.3 Å². The van der Waals surface area contributed by atoms with E-state index in [2.05, 4.69) is 5.32 Å². The van der Waals surface area contributed by atoms with Gasteiger partial charge in [0.05, 0.1) is 5.56 Å². The SMILES string of the molecule is C[C@@H](OC(=O)c1ccc2c(c1)OCO2)[C@H]1C(=O)N/C1=C\C(=O)OCc1ccccc1. The van der Waals surface area contributed by atoms with Crippen LogP contribution in [-0.2, 0) is 25.7 Å². The van der Waals surface area contributed by atoms with Gasteiger partial charge in [-0.2, -0.15) is 0 Å². The van der Waals surface area contributed by atoms with Gasteiger partial charge in [0.2, 0.25) is 12.7 Å². The number of benzene rings is 2. The number of hydrogen-bond acceptors (Lipinski definition) is 7. The van der Waals surface area contributed by atoms with Crippen LogP contribution in [0.3, 0.4) is 0 Å². The summed E-state index contributed by atoms with van der Waals surface area (Å²) < 4.78 is 21.1. The third kappa shape index (κ3) is 4.12. The Morgan fingerprint density at radius 1 is 1.17 bits per heavy atom. The lowest BCUT2D eigenvalue weighted by molar-refractivity contribution is -0.139. The second-order valence-corrected chi connectivity index (χ2v) is 6.84. The maximum Gasteiger partial charge on any atom is 0.338 e. The molecule has 0 aromatic heterocycles. The fourth-order valence-corrected chi connectivity index (χ4v) is 3.18. The quantitative estimate of drug-likeness (QED) is 0.444. The highest BCUT2D eigenvalue weighted by molar-refractivity contribution is 5.96. The van der Waals surface area contributed by atoms with E-state index >= 15 is 0 Å². The van der Waals surface area contributed by atoms with E-state index in [4.69, 9.17) is 18.9 Å². The molecule has 8 heteroatoms. The van der Waals surface area contributed by atoms with Crippen molar-refractivity contribution in [2.75, 3.05) is 6.79 Å². The molecule has 2 aromatic carbocycles. The Kier molecular flexibility index (Phi) is 5.38. The minimum Gasteiger partial charge on any atom is -0.458 e. The van der Waals surface area contributed by atoms with Gasteiger partial charge >= 0.3 is 11.9 Å². The number of nitrogens with one attached hydrogen (secondary N) is 1. The third-order valence-corrected chi connectivity index (χ3v) is 4.75. The molecule has 30 heavy (non-hydrogen) atoms. The van der Waals surface area contributed by atoms with Gasteiger partial charge in [-0.25, -0.2) is 9.59 Å². The van der Waals surface area contributed by atoms with Gasteiger partial charge in [0.15, 0.2) is 11.5 Å². The zero-order valence-electron chi connectivity index (χ0n) is 16.1. The summed E-state index contributed by atoms with van der Waals surface area (Å²) in [6.07, 6.45) is 0.435. The van der Waals surface area contributed by atoms with Crippen molar-refractivity contribution in [2.24, 2.45) is 5.92 Å². The lowest BCUT2D eigenvalue weighted by atomic mass is 9.90. The van der Waals surface area contributed by atoms with Crippen LogP contribution in [0.25, 0.3) is 0 Å². The first-order chi connectivity index (χ1) is 14.5. The number of β-lactam (4-membered cyclic amide) rings is 1. The fraction of sp³-hybridized carbons (Fsp3) is 0.227. The van der Waals surface area contributed by atoms with Crippen molar-refractivity contribution in [1.29, 1.82) is 0 Å². The Morgan fingerprint density at radius 3 is 2.70 bits per heavy atom. The van der Waals surface area contributed by atoms with Crippen molar-refractivity contribution in [3.05, 3.63) is 71.4 Å². The van der Waals surface area contributed by atoms with Gasteiger partial charge in [-0.3, -0.25) is 4.79 Å². The first-order valence-electron chi connectivity index (χ1n) is 9.35. The number of hydrogen-bond donors (Lipinski definition) is 1. The molecular formula is C22H19NO7. The topological polar surface area (TPSA) is 100 Å². The molecule has 154 valence electrons. The first kappa shape index (κ1) is 19.5. The molecule has 2 heterocycles. The summed E-state index contributed by atoms with van der Waals surface area (Å²) >= 11 is 0. The molecule has 1 saturated heterocycles. The molecule has 4 rings (SSSR count). The van der Waals surface area contributed by atoms with Crippen LogP contribution in [0.1, 0.15) is 22.8 Å². The van der Waals surface area contributed by atoms with Crippen molar-refractivity contribution in [2.45, 2.75) is 19.6 Å². The van der Waals surface area contributed by atoms with Crippen molar-refractivity contribution in [3.8, 4) is 11.5 Å². The van der Waals surface area contributed by atoms with E-state index in [0.29, 0.717) is 17.2 Å². The van der Waals surface area contributed by atoms with E-state index in [0.717, 1.165) is 5.56 Å². The minimum absolute atomic E-state index is 0.0982. The van der Waals surface area contributed by atoms with E-state index in [-0.39, 0.29) is 24.9 Å². The van der Waals surface area contributed by atoms with Crippen molar-refractivity contribution >= 4 is 17.8 Å². The monoisotopic (exact) mass is 409 g/mol. The molecule has 8 nitrogen and oxygen atoms in total. The normalized spacial score (nSPS) is 18.9. The van der Waals surface area contributed by atoms with Crippen molar-refractivity contribution < 1.29 is 33.3 Å². The van der Waals surface area contributed by atoms with Gasteiger partial charge in [-0.05, 0) is 30.7 Å². The van der Waals surface area contributed by atoms with Crippen LogP contribution in [0.15, 0.2) is 60.3 Å². The molecule has 0 spiro atoms. The summed E-state index contributed by atoms with van der Waals surface area (Å²) in [6, 6.07) is 13.9. The second-order valence-electron chi connectivity index (χ2n) is 6.84. The molecule has 0 bridgehead atoms. The Bertz CT molecular complexity index is 1020. The smallest absolute Gasteiger partial charge is 0.338 e. The Labute approximate surface area is 172 Å². The van der Waals surface area contributed by atoms with Gasteiger partial charge < -0.3 is 24.3 Å². The average Bonchev–Trinajstić information content (AvgIpc) is 3.20. The standard InChI is InChI=1S/C22H19NO7/c1-13(30-22(26)15-7-8-17-18(9-15)29-12-28-17)20-16(23-21(20)25)10-19(24)27-11-14-5-3-2-4-6-14/h2-10,13,20H,11-12H2,1H3,(H,23,25)/b16-10-/t13-,20-/m1/s1. The molecule has 2 aliphatic rings. The van der Waals surface area contributed by atoms with E-state index in [9.17, 15) is 14.4 Å². The summed E-state index contributed by atoms with van der Waals surface area (Å²) in [6.45, 7) is 1.81. The second kappa shape index (κ2) is 8.28. The van der Waals surface area contributed by atoms with Crippen LogP contribution in [0, 0.1) is 5.92 Å². The van der Waals surface area contributed by atoms with Gasteiger partial charge in [-0.1, -0.05) is 30.3 Å². The molecule has 2 aliphatic heterocycles. The van der Waals surface area contributed by atoms with E-state index in [1.54, 1.807) is 19.1 Å².